The standard InChI is InChI=1S/C20H22N4/c1-16-9-11-18(12-10-16)23-19-13-15-22-20(24-19)21-14-5-8-17-6-3-2-4-7-17/h2-4,6-7,9-13,15H,5,8,14H2,1H3,(H2,21,22,23,24). The van der Waals surface area contributed by atoms with E-state index >= 15 is 0 Å². The number of hydrogen-bond donors (Lipinski definition) is 2. The summed E-state index contributed by atoms with van der Waals surface area (Å²) in [6, 6.07) is 20.6. The number of aryl methyl sites for hydroxylation is 2. The molecule has 0 saturated heterocycles. The molecule has 0 aliphatic heterocycles. The van der Waals surface area contributed by atoms with Crippen LogP contribution in [-0.2, 0) is 6.42 Å². The zero-order valence-corrected chi connectivity index (χ0v) is 13.9. The van der Waals surface area contributed by atoms with Crippen molar-refractivity contribution in [2.45, 2.75) is 19.8 Å². The average molecular weight is 318 g/mol. The smallest absolute Gasteiger partial charge is 0.224 e. The molecule has 3 aromatic rings. The number of nitrogens with zero attached hydrogens (tertiary/aromatic N) is 2. The molecule has 3 rings (SSSR count). The molecule has 2 aromatic carbocycles. The maximum absolute atomic E-state index is 4.50. The Kier molecular flexibility index (Phi) is 5.40. The second-order valence-corrected chi connectivity index (χ2v) is 5.77. The predicted molar refractivity (Wildman–Crippen MR) is 99.7 cm³/mol. The molecule has 0 bridgehead atoms. The first-order chi connectivity index (χ1) is 11.8. The first kappa shape index (κ1) is 16.0. The van der Waals surface area contributed by atoms with Crippen LogP contribution < -0.4 is 10.6 Å². The van der Waals surface area contributed by atoms with E-state index in [1.165, 1.54) is 11.1 Å². The molecular formula is C20H22N4. The molecule has 0 radical (unpaired) electrons. The molecule has 0 fully saturated rings. The Hall–Kier alpha value is -2.88. The van der Waals surface area contributed by atoms with Gasteiger partial charge in [-0.25, -0.2) is 4.98 Å². The van der Waals surface area contributed by atoms with Gasteiger partial charge in [-0.2, -0.15) is 4.98 Å². The molecule has 122 valence electrons. The summed E-state index contributed by atoms with van der Waals surface area (Å²) in [5, 5.41) is 6.58. The van der Waals surface area contributed by atoms with Crippen LogP contribution in [0.4, 0.5) is 17.5 Å². The van der Waals surface area contributed by atoms with Crippen molar-refractivity contribution >= 4 is 17.5 Å². The minimum atomic E-state index is 0.653. The highest BCUT2D eigenvalue weighted by atomic mass is 15.1. The van der Waals surface area contributed by atoms with Crippen LogP contribution in [0.3, 0.4) is 0 Å². The molecule has 4 heteroatoms. The third-order valence-corrected chi connectivity index (χ3v) is 3.75. The van der Waals surface area contributed by atoms with Crippen LogP contribution in [0.2, 0.25) is 0 Å². The van der Waals surface area contributed by atoms with E-state index in [-0.39, 0.29) is 0 Å². The maximum atomic E-state index is 4.50. The van der Waals surface area contributed by atoms with E-state index in [0.717, 1.165) is 30.9 Å². The van der Waals surface area contributed by atoms with Crippen molar-refractivity contribution in [3.8, 4) is 0 Å². The molecule has 0 amide bonds. The van der Waals surface area contributed by atoms with Crippen molar-refractivity contribution < 1.29 is 0 Å². The zero-order valence-electron chi connectivity index (χ0n) is 13.9. The molecule has 0 saturated carbocycles. The van der Waals surface area contributed by atoms with Crippen LogP contribution in [0.1, 0.15) is 17.5 Å². The van der Waals surface area contributed by atoms with E-state index in [2.05, 4.69) is 63.9 Å². The first-order valence-electron chi connectivity index (χ1n) is 8.24. The summed E-state index contributed by atoms with van der Waals surface area (Å²) in [5.74, 6) is 1.44. The molecule has 1 heterocycles. The number of hydrogen-bond acceptors (Lipinski definition) is 4. The Balaban J connectivity index is 1.50. The molecule has 0 aliphatic carbocycles. The van der Waals surface area contributed by atoms with Gasteiger partial charge < -0.3 is 10.6 Å². The summed E-state index contributed by atoms with van der Waals surface area (Å²) >= 11 is 0. The molecule has 24 heavy (non-hydrogen) atoms. The normalized spacial score (nSPS) is 10.4. The van der Waals surface area contributed by atoms with Crippen LogP contribution in [0.25, 0.3) is 0 Å². The number of nitrogens with one attached hydrogen (secondary N) is 2. The fraction of sp³-hybridized carbons (Fsp3) is 0.200. The SMILES string of the molecule is Cc1ccc(Nc2ccnc(NCCCc3ccccc3)n2)cc1. The molecule has 1 aromatic heterocycles. The highest BCUT2D eigenvalue weighted by Gasteiger charge is 2.00. The Morgan fingerprint density at radius 1 is 0.917 bits per heavy atom. The molecule has 0 atom stereocenters. The molecule has 2 N–H and O–H groups in total. The van der Waals surface area contributed by atoms with E-state index in [0.29, 0.717) is 5.95 Å². The number of aromatic nitrogens is 2. The van der Waals surface area contributed by atoms with Crippen molar-refractivity contribution in [3.63, 3.8) is 0 Å². The van der Waals surface area contributed by atoms with Crippen molar-refractivity contribution in [1.82, 2.24) is 9.97 Å². The topological polar surface area (TPSA) is 49.8 Å². The highest BCUT2D eigenvalue weighted by molar-refractivity contribution is 5.57. The van der Waals surface area contributed by atoms with Crippen molar-refractivity contribution in [1.29, 1.82) is 0 Å². The number of rotatable bonds is 7. The molecule has 0 unspecified atom stereocenters. The Labute approximate surface area is 143 Å². The number of anilines is 3. The van der Waals surface area contributed by atoms with Crippen LogP contribution in [-0.4, -0.2) is 16.5 Å². The van der Waals surface area contributed by atoms with Gasteiger partial charge in [0.2, 0.25) is 5.95 Å². The summed E-state index contributed by atoms with van der Waals surface area (Å²) < 4.78 is 0. The largest absolute Gasteiger partial charge is 0.354 e. The predicted octanol–water partition coefficient (Wildman–Crippen LogP) is 4.57. The van der Waals surface area contributed by atoms with E-state index < -0.39 is 0 Å². The van der Waals surface area contributed by atoms with Crippen LogP contribution >= 0.6 is 0 Å². The lowest BCUT2D eigenvalue weighted by Gasteiger charge is -2.08. The van der Waals surface area contributed by atoms with Gasteiger partial charge in [0.1, 0.15) is 5.82 Å². The van der Waals surface area contributed by atoms with Gasteiger partial charge in [0.15, 0.2) is 0 Å². The lowest BCUT2D eigenvalue weighted by molar-refractivity contribution is 0.853. The molecule has 4 nitrogen and oxygen atoms in total. The third-order valence-electron chi connectivity index (χ3n) is 3.75. The lowest BCUT2D eigenvalue weighted by atomic mass is 10.1. The first-order valence-corrected chi connectivity index (χ1v) is 8.24. The minimum absolute atomic E-state index is 0.653. The second kappa shape index (κ2) is 8.11. The molecule has 0 aliphatic rings. The van der Waals surface area contributed by atoms with Crippen LogP contribution in [0.15, 0.2) is 66.9 Å². The Bertz CT molecular complexity index is 754. The van der Waals surface area contributed by atoms with Gasteiger partial charge >= 0.3 is 0 Å². The van der Waals surface area contributed by atoms with Gasteiger partial charge in [-0.15, -0.1) is 0 Å². The Morgan fingerprint density at radius 3 is 2.50 bits per heavy atom. The zero-order chi connectivity index (χ0) is 16.6. The fourth-order valence-electron chi connectivity index (χ4n) is 2.44. The van der Waals surface area contributed by atoms with E-state index in [1.807, 2.05) is 24.3 Å². The second-order valence-electron chi connectivity index (χ2n) is 5.77. The summed E-state index contributed by atoms with van der Waals surface area (Å²) in [7, 11) is 0. The van der Waals surface area contributed by atoms with Gasteiger partial charge in [0, 0.05) is 18.4 Å². The minimum Gasteiger partial charge on any atom is -0.354 e. The third kappa shape index (κ3) is 4.81. The summed E-state index contributed by atoms with van der Waals surface area (Å²) in [5.41, 5.74) is 3.62. The van der Waals surface area contributed by atoms with Crippen LogP contribution in [0, 0.1) is 6.92 Å². The van der Waals surface area contributed by atoms with Crippen LogP contribution in [0.5, 0.6) is 0 Å². The van der Waals surface area contributed by atoms with E-state index in [1.54, 1.807) is 6.20 Å². The monoisotopic (exact) mass is 318 g/mol. The maximum Gasteiger partial charge on any atom is 0.224 e. The fourth-order valence-corrected chi connectivity index (χ4v) is 2.44. The van der Waals surface area contributed by atoms with Gasteiger partial charge in [0.05, 0.1) is 0 Å². The van der Waals surface area contributed by atoms with Gasteiger partial charge in [0.25, 0.3) is 0 Å². The highest BCUT2D eigenvalue weighted by Crippen LogP contribution is 2.15. The van der Waals surface area contributed by atoms with Gasteiger partial charge in [-0.05, 0) is 43.5 Å². The Morgan fingerprint density at radius 2 is 1.71 bits per heavy atom. The van der Waals surface area contributed by atoms with Gasteiger partial charge in [-0.3, -0.25) is 0 Å². The van der Waals surface area contributed by atoms with Crippen molar-refractivity contribution in [3.05, 3.63) is 78.0 Å². The van der Waals surface area contributed by atoms with Gasteiger partial charge in [-0.1, -0.05) is 48.0 Å². The van der Waals surface area contributed by atoms with Crippen molar-refractivity contribution in [2.24, 2.45) is 0 Å². The van der Waals surface area contributed by atoms with E-state index in [4.69, 9.17) is 0 Å². The summed E-state index contributed by atoms with van der Waals surface area (Å²) in [6.45, 7) is 2.93. The summed E-state index contributed by atoms with van der Waals surface area (Å²) in [4.78, 5) is 8.78. The quantitative estimate of drug-likeness (QED) is 0.626. The average Bonchev–Trinajstić information content (AvgIpc) is 2.62. The summed E-state index contributed by atoms with van der Waals surface area (Å²) in [6.07, 6.45) is 3.86. The van der Waals surface area contributed by atoms with Crippen molar-refractivity contribution in [2.75, 3.05) is 17.2 Å². The molecular weight excluding hydrogens is 296 g/mol. The number of benzene rings is 2. The lowest BCUT2D eigenvalue weighted by Crippen LogP contribution is -2.07. The molecule has 0 spiro atoms. The van der Waals surface area contributed by atoms with E-state index in [9.17, 15) is 0 Å².